The Hall–Kier alpha value is -2.41. The molecule has 1 saturated heterocycles. The lowest BCUT2D eigenvalue weighted by atomic mass is 10.2. The molecule has 3 rings (SSSR count). The van der Waals surface area contributed by atoms with Crippen LogP contribution in [-0.4, -0.2) is 52.3 Å². The highest BCUT2D eigenvalue weighted by atomic mass is 16.1. The van der Waals surface area contributed by atoms with E-state index in [0.717, 1.165) is 38.1 Å². The summed E-state index contributed by atoms with van der Waals surface area (Å²) in [5, 5.41) is 10.5. The quantitative estimate of drug-likeness (QED) is 0.889. The van der Waals surface area contributed by atoms with E-state index in [0.29, 0.717) is 12.0 Å². The molecule has 1 fully saturated rings. The van der Waals surface area contributed by atoms with Crippen LogP contribution in [0, 0.1) is 0 Å². The molecule has 0 aliphatic carbocycles. The minimum Gasteiger partial charge on any atom is -0.369 e. The van der Waals surface area contributed by atoms with Crippen molar-refractivity contribution in [3.05, 3.63) is 40.8 Å². The Balaban J connectivity index is 1.62. The van der Waals surface area contributed by atoms with Gasteiger partial charge < -0.3 is 10.2 Å². The van der Waals surface area contributed by atoms with Crippen molar-refractivity contribution in [2.75, 3.05) is 36.4 Å². The molecule has 122 valence electrons. The van der Waals surface area contributed by atoms with E-state index in [2.05, 4.69) is 56.3 Å². The Morgan fingerprint density at radius 1 is 1.13 bits per heavy atom. The van der Waals surface area contributed by atoms with Gasteiger partial charge in [0.1, 0.15) is 6.20 Å². The van der Waals surface area contributed by atoms with Crippen molar-refractivity contribution in [1.82, 2.24) is 20.1 Å². The van der Waals surface area contributed by atoms with Gasteiger partial charge in [0.05, 0.1) is 0 Å². The van der Waals surface area contributed by atoms with E-state index in [-0.39, 0.29) is 5.56 Å². The molecule has 0 amide bonds. The average Bonchev–Trinajstić information content (AvgIpc) is 2.56. The van der Waals surface area contributed by atoms with Gasteiger partial charge >= 0.3 is 0 Å². The first kappa shape index (κ1) is 15.5. The highest BCUT2D eigenvalue weighted by Gasteiger charge is 2.18. The summed E-state index contributed by atoms with van der Waals surface area (Å²) in [6, 6.07) is 8.75. The fourth-order valence-corrected chi connectivity index (χ4v) is 2.76. The minimum absolute atomic E-state index is 0.276. The van der Waals surface area contributed by atoms with Gasteiger partial charge in [-0.15, -0.1) is 10.2 Å². The molecule has 23 heavy (non-hydrogen) atoms. The number of hydrogen-bond donors (Lipinski definition) is 2. The van der Waals surface area contributed by atoms with Crippen molar-refractivity contribution in [2.24, 2.45) is 0 Å². The van der Waals surface area contributed by atoms with E-state index < -0.39 is 0 Å². The van der Waals surface area contributed by atoms with Crippen LogP contribution in [0.1, 0.15) is 13.8 Å². The summed E-state index contributed by atoms with van der Waals surface area (Å²) < 4.78 is 0. The Labute approximate surface area is 135 Å². The molecule has 2 heterocycles. The van der Waals surface area contributed by atoms with Crippen molar-refractivity contribution in [3.8, 4) is 0 Å². The highest BCUT2D eigenvalue weighted by molar-refractivity contribution is 5.59. The maximum Gasteiger partial charge on any atom is 0.271 e. The third-order valence-corrected chi connectivity index (χ3v) is 4.11. The molecular weight excluding hydrogens is 292 g/mol. The Morgan fingerprint density at radius 2 is 1.83 bits per heavy atom. The summed E-state index contributed by atoms with van der Waals surface area (Å²) in [6.45, 7) is 8.77. The van der Waals surface area contributed by atoms with Crippen molar-refractivity contribution in [3.63, 3.8) is 0 Å². The van der Waals surface area contributed by atoms with Gasteiger partial charge in [0.25, 0.3) is 5.56 Å². The summed E-state index contributed by atoms with van der Waals surface area (Å²) >= 11 is 0. The molecule has 2 N–H and O–H groups in total. The van der Waals surface area contributed by atoms with E-state index in [1.165, 1.54) is 5.69 Å². The van der Waals surface area contributed by atoms with Crippen molar-refractivity contribution < 1.29 is 0 Å². The van der Waals surface area contributed by atoms with Gasteiger partial charge in [-0.25, -0.2) is 0 Å². The number of aromatic amines is 1. The molecule has 0 radical (unpaired) electrons. The number of nitrogens with one attached hydrogen (secondary N) is 2. The van der Waals surface area contributed by atoms with Gasteiger partial charge in [-0.3, -0.25) is 14.7 Å². The Kier molecular flexibility index (Phi) is 4.57. The maximum atomic E-state index is 11.2. The third-order valence-electron chi connectivity index (χ3n) is 4.11. The van der Waals surface area contributed by atoms with Gasteiger partial charge in [0, 0.05) is 43.6 Å². The van der Waals surface area contributed by atoms with Gasteiger partial charge in [0.15, 0.2) is 0 Å². The first-order valence-corrected chi connectivity index (χ1v) is 7.90. The smallest absolute Gasteiger partial charge is 0.271 e. The summed E-state index contributed by atoms with van der Waals surface area (Å²) in [4.78, 5) is 18.7. The van der Waals surface area contributed by atoms with Crippen molar-refractivity contribution in [1.29, 1.82) is 0 Å². The number of rotatable bonds is 4. The van der Waals surface area contributed by atoms with E-state index >= 15 is 0 Å². The largest absolute Gasteiger partial charge is 0.369 e. The van der Waals surface area contributed by atoms with E-state index in [9.17, 15) is 4.79 Å². The van der Waals surface area contributed by atoms with Gasteiger partial charge in [0.2, 0.25) is 5.95 Å². The Bertz CT molecular complexity index is 688. The van der Waals surface area contributed by atoms with Gasteiger partial charge in [-0.05, 0) is 38.1 Å². The molecule has 1 aromatic heterocycles. The first-order valence-electron chi connectivity index (χ1n) is 7.90. The number of nitrogens with zero attached hydrogens (tertiary/aromatic N) is 4. The third kappa shape index (κ3) is 3.87. The van der Waals surface area contributed by atoms with Crippen LogP contribution in [0.4, 0.5) is 17.3 Å². The van der Waals surface area contributed by atoms with Crippen LogP contribution in [0.5, 0.6) is 0 Å². The van der Waals surface area contributed by atoms with E-state index in [1.807, 2.05) is 12.1 Å². The SMILES string of the molecule is CC(C)N1CCN(c2ccc(Nc3nncc(=O)[nH]3)cc2)CC1. The van der Waals surface area contributed by atoms with E-state index in [1.54, 1.807) is 0 Å². The molecular formula is C16H22N6O. The molecule has 0 spiro atoms. The van der Waals surface area contributed by atoms with Gasteiger partial charge in [-0.2, -0.15) is 0 Å². The molecule has 0 saturated carbocycles. The predicted octanol–water partition coefficient (Wildman–Crippen LogP) is 1.44. The number of anilines is 3. The van der Waals surface area contributed by atoms with Crippen LogP contribution >= 0.6 is 0 Å². The van der Waals surface area contributed by atoms with Crippen LogP contribution in [0.3, 0.4) is 0 Å². The zero-order chi connectivity index (χ0) is 16.2. The van der Waals surface area contributed by atoms with Gasteiger partial charge in [-0.1, -0.05) is 0 Å². The van der Waals surface area contributed by atoms with Crippen LogP contribution in [0.25, 0.3) is 0 Å². The fraction of sp³-hybridized carbons (Fsp3) is 0.438. The predicted molar refractivity (Wildman–Crippen MR) is 91.3 cm³/mol. The zero-order valence-electron chi connectivity index (χ0n) is 13.5. The molecule has 1 aliphatic rings. The number of piperazine rings is 1. The maximum absolute atomic E-state index is 11.2. The molecule has 0 unspecified atom stereocenters. The second-order valence-electron chi connectivity index (χ2n) is 5.97. The van der Waals surface area contributed by atoms with Crippen molar-refractivity contribution in [2.45, 2.75) is 19.9 Å². The van der Waals surface area contributed by atoms with Crippen LogP contribution in [-0.2, 0) is 0 Å². The average molecular weight is 314 g/mol. The number of H-pyrrole nitrogens is 1. The highest BCUT2D eigenvalue weighted by Crippen LogP contribution is 2.21. The van der Waals surface area contributed by atoms with E-state index in [4.69, 9.17) is 0 Å². The normalized spacial score (nSPS) is 15.9. The second-order valence-corrected chi connectivity index (χ2v) is 5.97. The summed E-state index contributed by atoms with van der Waals surface area (Å²) in [6.07, 6.45) is 1.14. The van der Waals surface area contributed by atoms with Crippen LogP contribution in [0.2, 0.25) is 0 Å². The lowest BCUT2D eigenvalue weighted by Crippen LogP contribution is -2.48. The standard InChI is InChI=1S/C16H22N6O/c1-12(2)21-7-9-22(10-8-21)14-5-3-13(4-6-14)18-16-19-15(23)11-17-20-16/h3-6,11-12H,7-10H2,1-2H3,(H2,18,19,20,23). The molecule has 1 aliphatic heterocycles. The summed E-state index contributed by atoms with van der Waals surface area (Å²) in [5.41, 5.74) is 1.81. The van der Waals surface area contributed by atoms with Crippen LogP contribution < -0.4 is 15.8 Å². The first-order chi connectivity index (χ1) is 11.1. The number of hydrogen-bond acceptors (Lipinski definition) is 6. The lowest BCUT2D eigenvalue weighted by Gasteiger charge is -2.38. The summed E-state index contributed by atoms with van der Waals surface area (Å²) in [7, 11) is 0. The fourth-order valence-electron chi connectivity index (χ4n) is 2.76. The Morgan fingerprint density at radius 3 is 2.43 bits per heavy atom. The lowest BCUT2D eigenvalue weighted by molar-refractivity contribution is 0.209. The monoisotopic (exact) mass is 314 g/mol. The topological polar surface area (TPSA) is 77.2 Å². The molecule has 7 nitrogen and oxygen atoms in total. The second kappa shape index (κ2) is 6.78. The van der Waals surface area contributed by atoms with Crippen molar-refractivity contribution >= 4 is 17.3 Å². The molecule has 1 aromatic carbocycles. The number of aromatic nitrogens is 3. The summed E-state index contributed by atoms with van der Waals surface area (Å²) in [5.74, 6) is 0.343. The number of benzene rings is 1. The molecule has 0 atom stereocenters. The minimum atomic E-state index is -0.276. The molecule has 7 heteroatoms. The zero-order valence-corrected chi connectivity index (χ0v) is 13.5. The molecule has 2 aromatic rings. The molecule has 0 bridgehead atoms. The van der Waals surface area contributed by atoms with Crippen LogP contribution in [0.15, 0.2) is 35.3 Å².